The Morgan fingerprint density at radius 3 is 2.30 bits per heavy atom. The van der Waals surface area contributed by atoms with E-state index in [0.29, 0.717) is 16.4 Å². The standard InChI is InChI=1S/C8H17IO/c1-3-5-8(9)7(4-2)6-10/h7-8,10H,3-6H2,1-2H3. The van der Waals surface area contributed by atoms with Gasteiger partial charge in [-0.25, -0.2) is 0 Å². The molecule has 0 aromatic heterocycles. The van der Waals surface area contributed by atoms with Crippen LogP contribution < -0.4 is 0 Å². The first kappa shape index (κ1) is 10.7. The normalized spacial score (nSPS) is 16.8. The average Bonchev–Trinajstić information content (AvgIpc) is 1.91. The molecule has 2 unspecified atom stereocenters. The summed E-state index contributed by atoms with van der Waals surface area (Å²) in [4.78, 5) is 0. The van der Waals surface area contributed by atoms with Gasteiger partial charge >= 0.3 is 0 Å². The van der Waals surface area contributed by atoms with Crippen molar-refractivity contribution in [3.63, 3.8) is 0 Å². The van der Waals surface area contributed by atoms with Gasteiger partial charge in [0.15, 0.2) is 0 Å². The van der Waals surface area contributed by atoms with Crippen LogP contribution in [-0.4, -0.2) is 15.6 Å². The second-order valence-electron chi connectivity index (χ2n) is 2.66. The van der Waals surface area contributed by atoms with E-state index in [0.717, 1.165) is 6.42 Å². The van der Waals surface area contributed by atoms with E-state index >= 15 is 0 Å². The summed E-state index contributed by atoms with van der Waals surface area (Å²) < 4.78 is 0.664. The zero-order valence-corrected chi connectivity index (χ0v) is 8.97. The van der Waals surface area contributed by atoms with Gasteiger partial charge in [0.2, 0.25) is 0 Å². The third kappa shape index (κ3) is 3.76. The summed E-state index contributed by atoms with van der Waals surface area (Å²) >= 11 is 2.44. The largest absolute Gasteiger partial charge is 0.396 e. The van der Waals surface area contributed by atoms with Gasteiger partial charge in [0.1, 0.15) is 0 Å². The SMILES string of the molecule is CCCC(I)C(CC)CO. The van der Waals surface area contributed by atoms with Crippen molar-refractivity contribution in [3.05, 3.63) is 0 Å². The van der Waals surface area contributed by atoms with Crippen LogP contribution >= 0.6 is 22.6 Å². The smallest absolute Gasteiger partial charge is 0.0469 e. The van der Waals surface area contributed by atoms with Crippen LogP contribution in [0.5, 0.6) is 0 Å². The first-order valence-corrected chi connectivity index (χ1v) is 5.25. The summed E-state index contributed by atoms with van der Waals surface area (Å²) in [6, 6.07) is 0. The Balaban J connectivity index is 3.53. The lowest BCUT2D eigenvalue weighted by molar-refractivity contribution is 0.220. The van der Waals surface area contributed by atoms with Crippen molar-refractivity contribution in [2.75, 3.05) is 6.61 Å². The van der Waals surface area contributed by atoms with Crippen LogP contribution in [-0.2, 0) is 0 Å². The van der Waals surface area contributed by atoms with Gasteiger partial charge in [0.05, 0.1) is 0 Å². The van der Waals surface area contributed by atoms with Crippen LogP contribution in [0.2, 0.25) is 0 Å². The first-order valence-electron chi connectivity index (χ1n) is 4.01. The Labute approximate surface area is 77.3 Å². The molecule has 0 aromatic carbocycles. The molecule has 2 atom stereocenters. The van der Waals surface area contributed by atoms with Crippen molar-refractivity contribution in [1.29, 1.82) is 0 Å². The molecule has 0 radical (unpaired) electrons. The van der Waals surface area contributed by atoms with E-state index < -0.39 is 0 Å². The monoisotopic (exact) mass is 256 g/mol. The van der Waals surface area contributed by atoms with Gasteiger partial charge in [0.25, 0.3) is 0 Å². The van der Waals surface area contributed by atoms with Crippen molar-refractivity contribution in [2.45, 2.75) is 37.0 Å². The number of alkyl halides is 1. The Morgan fingerprint density at radius 2 is 2.00 bits per heavy atom. The Bertz CT molecular complexity index is 71.7. The van der Waals surface area contributed by atoms with Crippen LogP contribution in [0.4, 0.5) is 0 Å². The minimum absolute atomic E-state index is 0.351. The van der Waals surface area contributed by atoms with E-state index in [1.54, 1.807) is 0 Å². The molecule has 0 aliphatic heterocycles. The number of halogens is 1. The van der Waals surface area contributed by atoms with E-state index in [1.807, 2.05) is 0 Å². The highest BCUT2D eigenvalue weighted by atomic mass is 127. The fraction of sp³-hybridized carbons (Fsp3) is 1.00. The molecule has 1 N–H and O–H groups in total. The molecule has 10 heavy (non-hydrogen) atoms. The lowest BCUT2D eigenvalue weighted by atomic mass is 10.0. The highest BCUT2D eigenvalue weighted by molar-refractivity contribution is 14.1. The third-order valence-corrected chi connectivity index (χ3v) is 3.47. The van der Waals surface area contributed by atoms with Gasteiger partial charge in [-0.15, -0.1) is 0 Å². The molecule has 0 saturated heterocycles. The summed E-state index contributed by atoms with van der Waals surface area (Å²) in [5.74, 6) is 0.514. The summed E-state index contributed by atoms with van der Waals surface area (Å²) in [6.45, 7) is 4.68. The molecule has 0 fully saturated rings. The topological polar surface area (TPSA) is 20.2 Å². The Kier molecular flexibility index (Phi) is 6.85. The molecule has 0 amide bonds. The molecule has 0 rings (SSSR count). The van der Waals surface area contributed by atoms with Gasteiger partial charge in [-0.1, -0.05) is 49.3 Å². The maximum absolute atomic E-state index is 8.92. The van der Waals surface area contributed by atoms with Gasteiger partial charge < -0.3 is 5.11 Å². The summed E-state index contributed by atoms with van der Waals surface area (Å²) in [6.07, 6.45) is 3.56. The predicted molar refractivity (Wildman–Crippen MR) is 53.6 cm³/mol. The van der Waals surface area contributed by atoms with Crippen LogP contribution in [0.15, 0.2) is 0 Å². The average molecular weight is 256 g/mol. The van der Waals surface area contributed by atoms with Gasteiger partial charge in [0, 0.05) is 10.5 Å². The van der Waals surface area contributed by atoms with Crippen molar-refractivity contribution in [3.8, 4) is 0 Å². The molecular weight excluding hydrogens is 239 g/mol. The number of hydrogen-bond acceptors (Lipinski definition) is 1. The summed E-state index contributed by atoms with van der Waals surface area (Å²) in [5, 5.41) is 8.92. The quantitative estimate of drug-likeness (QED) is 0.592. The van der Waals surface area contributed by atoms with Crippen LogP contribution in [0.3, 0.4) is 0 Å². The third-order valence-electron chi connectivity index (χ3n) is 1.83. The summed E-state index contributed by atoms with van der Waals surface area (Å²) in [5.41, 5.74) is 0. The maximum atomic E-state index is 8.92. The van der Waals surface area contributed by atoms with Crippen molar-refractivity contribution in [1.82, 2.24) is 0 Å². The highest BCUT2D eigenvalue weighted by Gasteiger charge is 2.14. The van der Waals surface area contributed by atoms with Gasteiger partial charge in [-0.2, -0.15) is 0 Å². The van der Waals surface area contributed by atoms with Crippen LogP contribution in [0.25, 0.3) is 0 Å². The zero-order chi connectivity index (χ0) is 7.98. The number of aliphatic hydroxyl groups excluding tert-OH is 1. The van der Waals surface area contributed by atoms with E-state index in [1.165, 1.54) is 12.8 Å². The second kappa shape index (κ2) is 6.40. The van der Waals surface area contributed by atoms with E-state index in [2.05, 4.69) is 36.4 Å². The minimum Gasteiger partial charge on any atom is -0.396 e. The van der Waals surface area contributed by atoms with E-state index in [9.17, 15) is 0 Å². The van der Waals surface area contributed by atoms with Crippen molar-refractivity contribution < 1.29 is 5.11 Å². The molecule has 0 heterocycles. The molecule has 0 bridgehead atoms. The van der Waals surface area contributed by atoms with Crippen LogP contribution in [0, 0.1) is 5.92 Å². The van der Waals surface area contributed by atoms with Crippen LogP contribution in [0.1, 0.15) is 33.1 Å². The van der Waals surface area contributed by atoms with E-state index in [-0.39, 0.29) is 0 Å². The molecule has 0 aliphatic rings. The molecule has 62 valence electrons. The zero-order valence-electron chi connectivity index (χ0n) is 6.81. The lowest BCUT2D eigenvalue weighted by Crippen LogP contribution is -2.16. The van der Waals surface area contributed by atoms with Crippen molar-refractivity contribution >= 4 is 22.6 Å². The maximum Gasteiger partial charge on any atom is 0.0469 e. The number of aliphatic hydroxyl groups is 1. The summed E-state index contributed by atoms with van der Waals surface area (Å²) in [7, 11) is 0. The molecule has 0 aromatic rings. The lowest BCUT2D eigenvalue weighted by Gasteiger charge is -2.17. The Morgan fingerprint density at radius 1 is 1.40 bits per heavy atom. The number of rotatable bonds is 5. The molecule has 0 spiro atoms. The first-order chi connectivity index (χ1) is 4.76. The highest BCUT2D eigenvalue weighted by Crippen LogP contribution is 2.21. The molecule has 0 saturated carbocycles. The molecule has 0 aliphatic carbocycles. The number of hydrogen-bond donors (Lipinski definition) is 1. The predicted octanol–water partition coefficient (Wildman–Crippen LogP) is 2.61. The minimum atomic E-state index is 0.351. The fourth-order valence-electron chi connectivity index (χ4n) is 1.01. The van der Waals surface area contributed by atoms with Gasteiger partial charge in [-0.05, 0) is 12.3 Å². The molecule has 2 heteroatoms. The molecule has 1 nitrogen and oxygen atoms in total. The fourth-order valence-corrected chi connectivity index (χ4v) is 2.37. The Hall–Kier alpha value is 0.690. The molecular formula is C8H17IO. The second-order valence-corrected chi connectivity index (χ2v) is 4.26. The van der Waals surface area contributed by atoms with E-state index in [4.69, 9.17) is 5.11 Å². The van der Waals surface area contributed by atoms with Crippen molar-refractivity contribution in [2.24, 2.45) is 5.92 Å². The van der Waals surface area contributed by atoms with Gasteiger partial charge in [-0.3, -0.25) is 0 Å².